The predicted molar refractivity (Wildman–Crippen MR) is 98.3 cm³/mol. The average molecular weight is 343 g/mol. The number of carbonyl (C=O) groups is 2. The highest BCUT2D eigenvalue weighted by Gasteiger charge is 2.18. The lowest BCUT2D eigenvalue weighted by Crippen LogP contribution is -2.39. The SMILES string of the molecule is CNC(=O)[C@H](C)CN(C)C(=O)Nc1cc(-c2ccccc2C)nn1C. The van der Waals surface area contributed by atoms with Crippen LogP contribution in [-0.2, 0) is 11.8 Å². The van der Waals surface area contributed by atoms with Crippen molar-refractivity contribution >= 4 is 17.8 Å². The lowest BCUT2D eigenvalue weighted by Gasteiger charge is -2.21. The fraction of sp³-hybridized carbons (Fsp3) is 0.389. The third-order valence-electron chi connectivity index (χ3n) is 4.12. The Morgan fingerprint density at radius 2 is 2.00 bits per heavy atom. The van der Waals surface area contributed by atoms with Crippen LogP contribution < -0.4 is 10.6 Å². The van der Waals surface area contributed by atoms with E-state index >= 15 is 0 Å². The molecule has 7 nitrogen and oxygen atoms in total. The van der Waals surface area contributed by atoms with E-state index in [2.05, 4.69) is 15.7 Å². The number of carbonyl (C=O) groups excluding carboxylic acids is 2. The number of rotatable bonds is 5. The summed E-state index contributed by atoms with van der Waals surface area (Å²) in [5.41, 5.74) is 2.95. The number of urea groups is 1. The van der Waals surface area contributed by atoms with Gasteiger partial charge in [0.05, 0.1) is 11.6 Å². The van der Waals surface area contributed by atoms with Gasteiger partial charge in [0, 0.05) is 39.3 Å². The first-order chi connectivity index (χ1) is 11.8. The van der Waals surface area contributed by atoms with E-state index in [-0.39, 0.29) is 17.9 Å². The maximum Gasteiger partial charge on any atom is 0.322 e. The highest BCUT2D eigenvalue weighted by molar-refractivity contribution is 5.89. The van der Waals surface area contributed by atoms with Gasteiger partial charge in [0.1, 0.15) is 5.82 Å². The summed E-state index contributed by atoms with van der Waals surface area (Å²) in [5.74, 6) is 0.222. The van der Waals surface area contributed by atoms with Gasteiger partial charge >= 0.3 is 6.03 Å². The first-order valence-corrected chi connectivity index (χ1v) is 8.17. The molecule has 2 aromatic rings. The molecule has 1 heterocycles. The first kappa shape index (κ1) is 18.5. The molecule has 3 amide bonds. The third-order valence-corrected chi connectivity index (χ3v) is 4.12. The molecule has 1 atom stereocenters. The second-order valence-electron chi connectivity index (χ2n) is 6.18. The van der Waals surface area contributed by atoms with Crippen molar-refractivity contribution in [3.05, 3.63) is 35.9 Å². The number of aryl methyl sites for hydroxylation is 2. The Morgan fingerprint density at radius 1 is 1.32 bits per heavy atom. The van der Waals surface area contributed by atoms with Crippen molar-refractivity contribution in [3.8, 4) is 11.3 Å². The van der Waals surface area contributed by atoms with Crippen LogP contribution in [0.2, 0.25) is 0 Å². The van der Waals surface area contributed by atoms with Crippen LogP contribution in [0.15, 0.2) is 30.3 Å². The Hall–Kier alpha value is -2.83. The maximum absolute atomic E-state index is 12.4. The number of anilines is 1. The summed E-state index contributed by atoms with van der Waals surface area (Å²) in [6.07, 6.45) is 0. The fourth-order valence-electron chi connectivity index (χ4n) is 2.60. The summed E-state index contributed by atoms with van der Waals surface area (Å²) in [4.78, 5) is 25.4. The highest BCUT2D eigenvalue weighted by atomic mass is 16.2. The average Bonchev–Trinajstić information content (AvgIpc) is 2.94. The molecule has 1 aromatic carbocycles. The van der Waals surface area contributed by atoms with Crippen LogP contribution in [0, 0.1) is 12.8 Å². The number of aromatic nitrogens is 2. The molecule has 0 saturated heterocycles. The number of benzene rings is 1. The summed E-state index contributed by atoms with van der Waals surface area (Å²) in [5, 5.41) is 9.90. The van der Waals surface area contributed by atoms with Gasteiger partial charge in [0.15, 0.2) is 0 Å². The zero-order valence-corrected chi connectivity index (χ0v) is 15.3. The normalized spacial score (nSPS) is 11.7. The van der Waals surface area contributed by atoms with E-state index in [0.717, 1.165) is 16.8 Å². The van der Waals surface area contributed by atoms with Gasteiger partial charge in [-0.3, -0.25) is 14.8 Å². The predicted octanol–water partition coefficient (Wildman–Crippen LogP) is 2.24. The lowest BCUT2D eigenvalue weighted by atomic mass is 10.1. The quantitative estimate of drug-likeness (QED) is 0.874. The molecule has 7 heteroatoms. The second-order valence-corrected chi connectivity index (χ2v) is 6.18. The number of hydrogen-bond donors (Lipinski definition) is 2. The molecule has 0 aliphatic heterocycles. The van der Waals surface area contributed by atoms with Crippen molar-refractivity contribution in [1.29, 1.82) is 0 Å². The van der Waals surface area contributed by atoms with Crippen LogP contribution in [-0.4, -0.2) is 47.3 Å². The van der Waals surface area contributed by atoms with Crippen molar-refractivity contribution in [1.82, 2.24) is 20.0 Å². The van der Waals surface area contributed by atoms with Crippen LogP contribution in [0.3, 0.4) is 0 Å². The summed E-state index contributed by atoms with van der Waals surface area (Å²) in [7, 11) is 5.03. The van der Waals surface area contributed by atoms with E-state index in [0.29, 0.717) is 12.4 Å². The molecule has 25 heavy (non-hydrogen) atoms. The van der Waals surface area contributed by atoms with E-state index in [4.69, 9.17) is 0 Å². The molecular formula is C18H25N5O2. The molecule has 1 aromatic heterocycles. The van der Waals surface area contributed by atoms with Crippen molar-refractivity contribution in [2.75, 3.05) is 26.0 Å². The summed E-state index contributed by atoms with van der Waals surface area (Å²) >= 11 is 0. The Morgan fingerprint density at radius 3 is 2.64 bits per heavy atom. The smallest absolute Gasteiger partial charge is 0.322 e. The van der Waals surface area contributed by atoms with E-state index in [1.54, 1.807) is 32.7 Å². The molecule has 0 unspecified atom stereocenters. The summed E-state index contributed by atoms with van der Waals surface area (Å²) < 4.78 is 1.63. The minimum atomic E-state index is -0.283. The van der Waals surface area contributed by atoms with Gasteiger partial charge in [-0.25, -0.2) is 4.79 Å². The molecule has 0 aliphatic carbocycles. The molecule has 0 fully saturated rings. The van der Waals surface area contributed by atoms with Gasteiger partial charge in [0.2, 0.25) is 5.91 Å². The molecule has 2 N–H and O–H groups in total. The van der Waals surface area contributed by atoms with Gasteiger partial charge in [0.25, 0.3) is 0 Å². The maximum atomic E-state index is 12.4. The van der Waals surface area contributed by atoms with Crippen LogP contribution in [0.25, 0.3) is 11.3 Å². The second kappa shape index (κ2) is 7.83. The van der Waals surface area contributed by atoms with Gasteiger partial charge in [-0.15, -0.1) is 0 Å². The van der Waals surface area contributed by atoms with Crippen LogP contribution in [0.4, 0.5) is 10.6 Å². The van der Waals surface area contributed by atoms with Crippen LogP contribution in [0.5, 0.6) is 0 Å². The van der Waals surface area contributed by atoms with E-state index in [1.165, 1.54) is 4.90 Å². The molecule has 0 radical (unpaired) electrons. The number of hydrogen-bond acceptors (Lipinski definition) is 3. The zero-order valence-electron chi connectivity index (χ0n) is 15.3. The van der Waals surface area contributed by atoms with Gasteiger partial charge < -0.3 is 10.2 Å². The molecule has 0 bridgehead atoms. The number of amides is 3. The van der Waals surface area contributed by atoms with Crippen molar-refractivity contribution in [2.45, 2.75) is 13.8 Å². The van der Waals surface area contributed by atoms with Gasteiger partial charge in [-0.2, -0.15) is 5.10 Å². The largest absolute Gasteiger partial charge is 0.359 e. The third kappa shape index (κ3) is 4.37. The lowest BCUT2D eigenvalue weighted by molar-refractivity contribution is -0.124. The highest BCUT2D eigenvalue weighted by Crippen LogP contribution is 2.24. The number of nitrogens with zero attached hydrogens (tertiary/aromatic N) is 3. The Balaban J connectivity index is 2.09. The molecule has 0 aliphatic rings. The van der Waals surface area contributed by atoms with Crippen LogP contribution >= 0.6 is 0 Å². The Kier molecular flexibility index (Phi) is 5.80. The van der Waals surface area contributed by atoms with E-state index in [1.807, 2.05) is 37.3 Å². The topological polar surface area (TPSA) is 79.3 Å². The van der Waals surface area contributed by atoms with E-state index in [9.17, 15) is 9.59 Å². The Labute approximate surface area is 148 Å². The molecular weight excluding hydrogens is 318 g/mol. The van der Waals surface area contributed by atoms with Crippen molar-refractivity contribution in [3.63, 3.8) is 0 Å². The molecule has 0 saturated carbocycles. The van der Waals surface area contributed by atoms with E-state index < -0.39 is 0 Å². The molecule has 0 spiro atoms. The van der Waals surface area contributed by atoms with Crippen molar-refractivity contribution in [2.24, 2.45) is 13.0 Å². The van der Waals surface area contributed by atoms with Gasteiger partial charge in [-0.1, -0.05) is 31.2 Å². The van der Waals surface area contributed by atoms with Gasteiger partial charge in [-0.05, 0) is 12.5 Å². The Bertz CT molecular complexity index is 769. The minimum absolute atomic E-state index is 0.0953. The summed E-state index contributed by atoms with van der Waals surface area (Å²) in [6, 6.07) is 9.53. The minimum Gasteiger partial charge on any atom is -0.359 e. The molecule has 2 rings (SSSR count). The summed E-state index contributed by atoms with van der Waals surface area (Å²) in [6.45, 7) is 4.13. The first-order valence-electron chi connectivity index (χ1n) is 8.17. The number of nitrogens with one attached hydrogen (secondary N) is 2. The fourth-order valence-corrected chi connectivity index (χ4v) is 2.60. The molecule has 134 valence electrons. The zero-order chi connectivity index (χ0) is 18.6. The van der Waals surface area contributed by atoms with Crippen molar-refractivity contribution < 1.29 is 9.59 Å². The van der Waals surface area contributed by atoms with Crippen LogP contribution in [0.1, 0.15) is 12.5 Å². The standard InChI is InChI=1S/C18H25N5O2/c1-12-8-6-7-9-14(12)15-10-16(23(5)21-15)20-18(25)22(4)11-13(2)17(24)19-3/h6-10,13H,11H2,1-5H3,(H,19,24)(H,20,25)/t13-/m1/s1. The monoisotopic (exact) mass is 343 g/mol.